The molecule has 1 aliphatic rings. The van der Waals surface area contributed by atoms with Crippen LogP contribution in [0.4, 0.5) is 0 Å². The highest BCUT2D eigenvalue weighted by molar-refractivity contribution is 7.84. The molecule has 1 aromatic rings. The molecule has 0 aliphatic carbocycles. The number of hydrogen-bond acceptors (Lipinski definition) is 5. The molecule has 2 amide bonds. The van der Waals surface area contributed by atoms with Crippen molar-refractivity contribution in [2.24, 2.45) is 0 Å². The molecule has 94 valence electrons. The molecule has 0 fully saturated rings. The number of amides is 2. The Hall–Kier alpha value is -2.02. The largest absolute Gasteiger partial charge is 0.468 e. The molecule has 1 heterocycles. The van der Waals surface area contributed by atoms with Gasteiger partial charge < -0.3 is 4.74 Å². The highest BCUT2D eigenvalue weighted by atomic mass is 32.2. The molecule has 0 saturated heterocycles. The third kappa shape index (κ3) is 1.92. The second kappa shape index (κ2) is 4.69. The maximum absolute atomic E-state index is 11.9. The Labute approximate surface area is 105 Å². The smallest absolute Gasteiger partial charge is 0.320 e. The summed E-state index contributed by atoms with van der Waals surface area (Å²) in [7, 11) is -0.911. The van der Waals surface area contributed by atoms with E-state index in [1.807, 2.05) is 0 Å². The number of methoxy groups -OCH3 is 1. The fourth-order valence-electron chi connectivity index (χ4n) is 1.58. The first-order chi connectivity index (χ1) is 8.56. The SMILES string of the molecule is COC(=O)CS(=O)N1C(=O)c2ccccc2C1=O. The van der Waals surface area contributed by atoms with Crippen LogP contribution in [0.1, 0.15) is 20.7 Å². The van der Waals surface area contributed by atoms with Crippen LogP contribution in [-0.4, -0.2) is 39.2 Å². The molecule has 1 aliphatic heterocycles. The van der Waals surface area contributed by atoms with Crippen molar-refractivity contribution in [2.75, 3.05) is 12.9 Å². The predicted octanol–water partition coefficient (Wildman–Crippen LogP) is 0.119. The van der Waals surface area contributed by atoms with Crippen molar-refractivity contribution >= 4 is 28.8 Å². The molecular formula is C11H9NO5S. The average Bonchev–Trinajstić information content (AvgIpc) is 2.62. The third-order valence-electron chi connectivity index (χ3n) is 2.43. The zero-order chi connectivity index (χ0) is 13.3. The van der Waals surface area contributed by atoms with Gasteiger partial charge in [-0.05, 0) is 12.1 Å². The van der Waals surface area contributed by atoms with Gasteiger partial charge in [0, 0.05) is 0 Å². The lowest BCUT2D eigenvalue weighted by molar-refractivity contribution is -0.137. The quantitative estimate of drug-likeness (QED) is 0.574. The minimum Gasteiger partial charge on any atom is -0.468 e. The van der Waals surface area contributed by atoms with Gasteiger partial charge in [0.25, 0.3) is 11.8 Å². The first-order valence-electron chi connectivity index (χ1n) is 4.99. The average molecular weight is 267 g/mol. The number of nitrogens with zero attached hydrogens (tertiary/aromatic N) is 1. The summed E-state index contributed by atoms with van der Waals surface area (Å²) in [6.45, 7) is 0. The minimum atomic E-state index is -2.05. The van der Waals surface area contributed by atoms with E-state index in [0.29, 0.717) is 4.31 Å². The molecule has 7 heteroatoms. The molecule has 0 spiro atoms. The van der Waals surface area contributed by atoms with E-state index in [2.05, 4.69) is 4.74 Å². The lowest BCUT2D eigenvalue weighted by Crippen LogP contribution is -2.35. The van der Waals surface area contributed by atoms with Gasteiger partial charge in [-0.2, -0.15) is 4.31 Å². The van der Waals surface area contributed by atoms with Crippen molar-refractivity contribution in [1.82, 2.24) is 4.31 Å². The molecule has 1 unspecified atom stereocenters. The number of rotatable bonds is 3. The number of ether oxygens (including phenoxy) is 1. The number of esters is 1. The van der Waals surface area contributed by atoms with Gasteiger partial charge >= 0.3 is 5.97 Å². The first-order valence-corrected chi connectivity index (χ1v) is 6.27. The van der Waals surface area contributed by atoms with Crippen LogP contribution >= 0.6 is 0 Å². The van der Waals surface area contributed by atoms with Crippen LogP contribution in [0.3, 0.4) is 0 Å². The Morgan fingerprint density at radius 2 is 1.72 bits per heavy atom. The van der Waals surface area contributed by atoms with E-state index in [1.54, 1.807) is 12.1 Å². The van der Waals surface area contributed by atoms with Crippen molar-refractivity contribution < 1.29 is 23.3 Å². The zero-order valence-electron chi connectivity index (χ0n) is 9.41. The molecule has 0 radical (unpaired) electrons. The van der Waals surface area contributed by atoms with Crippen molar-refractivity contribution in [2.45, 2.75) is 0 Å². The maximum Gasteiger partial charge on any atom is 0.320 e. The van der Waals surface area contributed by atoms with Gasteiger partial charge in [0.1, 0.15) is 16.7 Å². The standard InChI is InChI=1S/C11H9NO5S/c1-17-9(13)6-18(16)12-10(14)7-4-2-3-5-8(7)11(12)15/h2-5H,6H2,1H3. The van der Waals surface area contributed by atoms with E-state index in [0.717, 1.165) is 7.11 Å². The van der Waals surface area contributed by atoms with Gasteiger partial charge in [-0.15, -0.1) is 0 Å². The Balaban J connectivity index is 2.29. The number of imide groups is 1. The normalized spacial score (nSPS) is 15.5. The number of hydrogen-bond donors (Lipinski definition) is 0. The van der Waals surface area contributed by atoms with Gasteiger partial charge in [-0.1, -0.05) is 12.1 Å². The summed E-state index contributed by atoms with van der Waals surface area (Å²) in [6, 6.07) is 6.17. The minimum absolute atomic E-state index is 0.195. The summed E-state index contributed by atoms with van der Waals surface area (Å²) < 4.78 is 16.7. The van der Waals surface area contributed by atoms with E-state index < -0.39 is 34.5 Å². The van der Waals surface area contributed by atoms with E-state index in [9.17, 15) is 18.6 Å². The summed E-state index contributed by atoms with van der Waals surface area (Å²) >= 11 is 0. The summed E-state index contributed by atoms with van der Waals surface area (Å²) in [4.78, 5) is 34.8. The molecule has 6 nitrogen and oxygen atoms in total. The first kappa shape index (κ1) is 12.4. The van der Waals surface area contributed by atoms with Crippen LogP contribution in [0, 0.1) is 0 Å². The Morgan fingerprint density at radius 3 is 2.17 bits per heavy atom. The van der Waals surface area contributed by atoms with Crippen LogP contribution in [-0.2, 0) is 20.5 Å². The van der Waals surface area contributed by atoms with Crippen molar-refractivity contribution in [3.8, 4) is 0 Å². The number of benzene rings is 1. The summed E-state index contributed by atoms with van der Waals surface area (Å²) in [6.07, 6.45) is 0. The molecule has 18 heavy (non-hydrogen) atoms. The van der Waals surface area contributed by atoms with Crippen molar-refractivity contribution in [1.29, 1.82) is 0 Å². The lowest BCUT2D eigenvalue weighted by atomic mass is 10.1. The zero-order valence-corrected chi connectivity index (χ0v) is 10.2. The monoisotopic (exact) mass is 267 g/mol. The Kier molecular flexibility index (Phi) is 3.24. The van der Waals surface area contributed by atoms with Gasteiger partial charge in [-0.3, -0.25) is 14.4 Å². The predicted molar refractivity (Wildman–Crippen MR) is 62.0 cm³/mol. The van der Waals surface area contributed by atoms with E-state index in [1.165, 1.54) is 12.1 Å². The molecule has 2 rings (SSSR count). The molecule has 0 aromatic heterocycles. The van der Waals surface area contributed by atoms with Gasteiger partial charge in [0.05, 0.1) is 18.2 Å². The van der Waals surface area contributed by atoms with Crippen molar-refractivity contribution in [3.05, 3.63) is 35.4 Å². The van der Waals surface area contributed by atoms with Crippen LogP contribution in [0.25, 0.3) is 0 Å². The topological polar surface area (TPSA) is 80.8 Å². The molecule has 0 bridgehead atoms. The highest BCUT2D eigenvalue weighted by Crippen LogP contribution is 2.23. The van der Waals surface area contributed by atoms with Gasteiger partial charge in [0.2, 0.25) is 0 Å². The fraction of sp³-hybridized carbons (Fsp3) is 0.182. The van der Waals surface area contributed by atoms with Gasteiger partial charge in [-0.25, -0.2) is 4.21 Å². The molecule has 0 saturated carbocycles. The van der Waals surface area contributed by atoms with Crippen molar-refractivity contribution in [3.63, 3.8) is 0 Å². The summed E-state index contributed by atoms with van der Waals surface area (Å²) in [5.74, 6) is -2.58. The molecule has 0 N–H and O–H groups in total. The summed E-state index contributed by atoms with van der Waals surface area (Å²) in [5.41, 5.74) is 0.390. The Bertz CT molecular complexity index is 533. The third-order valence-corrected chi connectivity index (χ3v) is 3.65. The molecule has 1 atom stereocenters. The number of carbonyl (C=O) groups excluding carboxylic acids is 3. The van der Waals surface area contributed by atoms with Crippen LogP contribution in [0.2, 0.25) is 0 Å². The van der Waals surface area contributed by atoms with E-state index in [4.69, 9.17) is 0 Å². The Morgan fingerprint density at radius 1 is 1.22 bits per heavy atom. The van der Waals surface area contributed by atoms with E-state index >= 15 is 0 Å². The van der Waals surface area contributed by atoms with Crippen LogP contribution < -0.4 is 0 Å². The molecular weight excluding hydrogens is 258 g/mol. The second-order valence-corrected chi connectivity index (χ2v) is 4.79. The van der Waals surface area contributed by atoms with Gasteiger partial charge in [0.15, 0.2) is 0 Å². The fourth-order valence-corrected chi connectivity index (χ4v) is 2.59. The van der Waals surface area contributed by atoms with Crippen LogP contribution in [0.5, 0.6) is 0 Å². The highest BCUT2D eigenvalue weighted by Gasteiger charge is 2.39. The number of carbonyl (C=O) groups is 3. The lowest BCUT2D eigenvalue weighted by Gasteiger charge is -2.11. The maximum atomic E-state index is 11.9. The summed E-state index contributed by atoms with van der Waals surface area (Å²) in [5, 5.41) is 0. The second-order valence-electron chi connectivity index (χ2n) is 3.49. The van der Waals surface area contributed by atoms with Crippen LogP contribution in [0.15, 0.2) is 24.3 Å². The van der Waals surface area contributed by atoms with E-state index in [-0.39, 0.29) is 11.1 Å². The number of fused-ring (bicyclic) bond motifs is 1. The molecule has 1 aromatic carbocycles.